The number of nitrogens with zero attached hydrogens (tertiary/aromatic N) is 2. The minimum atomic E-state index is 0.630. The highest BCUT2D eigenvalue weighted by Crippen LogP contribution is 2.07. The maximum Gasteiger partial charge on any atom is 0.0574 e. The molecule has 0 saturated carbocycles. The second kappa shape index (κ2) is 11.0. The Morgan fingerprint density at radius 1 is 1.07 bits per heavy atom. The van der Waals surface area contributed by atoms with Crippen LogP contribution in [0.4, 0.5) is 0 Å². The van der Waals surface area contributed by atoms with Crippen LogP contribution in [0.25, 0.3) is 0 Å². The molecular weight excluding hydrogens is 192 g/mol. The van der Waals surface area contributed by atoms with Crippen LogP contribution in [0.1, 0.15) is 58.3 Å². The molecule has 0 amide bonds. The molecule has 2 N–H and O–H groups in total. The molecule has 0 bridgehead atoms. The molecule has 4 heteroatoms. The highest BCUT2D eigenvalue weighted by atomic mass is 16.4. The summed E-state index contributed by atoms with van der Waals surface area (Å²) < 4.78 is 0. The van der Waals surface area contributed by atoms with Crippen molar-refractivity contribution in [2.24, 2.45) is 10.3 Å². The summed E-state index contributed by atoms with van der Waals surface area (Å²) in [6.45, 7) is 2.19. The predicted octanol–water partition coefficient (Wildman–Crippen LogP) is 3.42. The number of hydrogen-bond acceptors (Lipinski definition) is 4. The lowest BCUT2D eigenvalue weighted by Crippen LogP contribution is -1.99. The standard InChI is InChI=1S/C11H22N2O2/c1-2-3-4-5-6-8-11(13-15)9-7-10-12-14/h10,14-15H,2-9H2,1H3. The fourth-order valence-electron chi connectivity index (χ4n) is 1.45. The van der Waals surface area contributed by atoms with E-state index in [1.807, 2.05) is 0 Å². The molecule has 0 heterocycles. The summed E-state index contributed by atoms with van der Waals surface area (Å²) in [5.41, 5.74) is 0.798. The molecule has 0 fully saturated rings. The van der Waals surface area contributed by atoms with Crippen LogP contribution >= 0.6 is 0 Å². The molecule has 0 aromatic carbocycles. The maximum absolute atomic E-state index is 8.71. The van der Waals surface area contributed by atoms with Gasteiger partial charge in [0.2, 0.25) is 0 Å². The van der Waals surface area contributed by atoms with Crippen LogP contribution < -0.4 is 0 Å². The van der Waals surface area contributed by atoms with Gasteiger partial charge in [0.05, 0.1) is 5.71 Å². The third-order valence-corrected chi connectivity index (χ3v) is 2.35. The van der Waals surface area contributed by atoms with Crippen molar-refractivity contribution >= 4 is 11.9 Å². The second-order valence-electron chi connectivity index (χ2n) is 3.67. The zero-order chi connectivity index (χ0) is 11.4. The minimum absolute atomic E-state index is 0.630. The van der Waals surface area contributed by atoms with E-state index in [0.29, 0.717) is 12.8 Å². The Kier molecular flexibility index (Phi) is 10.2. The van der Waals surface area contributed by atoms with Gasteiger partial charge in [0, 0.05) is 6.21 Å². The summed E-state index contributed by atoms with van der Waals surface area (Å²) in [7, 11) is 0. The van der Waals surface area contributed by atoms with E-state index in [-0.39, 0.29) is 0 Å². The Morgan fingerprint density at radius 3 is 2.40 bits per heavy atom. The van der Waals surface area contributed by atoms with Crippen molar-refractivity contribution in [3.8, 4) is 0 Å². The summed E-state index contributed by atoms with van der Waals surface area (Å²) in [4.78, 5) is 0. The van der Waals surface area contributed by atoms with Gasteiger partial charge in [0.25, 0.3) is 0 Å². The average Bonchev–Trinajstić information content (AvgIpc) is 2.26. The number of rotatable bonds is 9. The van der Waals surface area contributed by atoms with Crippen LogP contribution in [-0.2, 0) is 0 Å². The number of oxime groups is 2. The van der Waals surface area contributed by atoms with E-state index < -0.39 is 0 Å². The minimum Gasteiger partial charge on any atom is -0.411 e. The van der Waals surface area contributed by atoms with Gasteiger partial charge in [0.1, 0.15) is 0 Å². The van der Waals surface area contributed by atoms with Crippen molar-refractivity contribution in [2.45, 2.75) is 58.3 Å². The fraction of sp³-hybridized carbons (Fsp3) is 0.818. The SMILES string of the molecule is CCCCCCCC(CCC=NO)=NO. The molecule has 0 spiro atoms. The Balaban J connectivity index is 3.45. The fourth-order valence-corrected chi connectivity index (χ4v) is 1.45. The molecule has 0 unspecified atom stereocenters. The lowest BCUT2D eigenvalue weighted by atomic mass is 10.1. The normalized spacial score (nSPS) is 12.5. The summed E-state index contributed by atoms with van der Waals surface area (Å²) in [6.07, 6.45) is 9.63. The lowest BCUT2D eigenvalue weighted by Gasteiger charge is -2.02. The summed E-state index contributed by atoms with van der Waals surface area (Å²) in [6, 6.07) is 0. The molecule has 88 valence electrons. The number of unbranched alkanes of at least 4 members (excludes halogenated alkanes) is 4. The summed E-state index contributed by atoms with van der Waals surface area (Å²) >= 11 is 0. The Labute approximate surface area is 91.7 Å². The first-order valence-corrected chi connectivity index (χ1v) is 5.70. The molecular formula is C11H22N2O2. The summed E-state index contributed by atoms with van der Waals surface area (Å²) in [5, 5.41) is 23.1. The van der Waals surface area contributed by atoms with E-state index in [1.165, 1.54) is 31.9 Å². The highest BCUT2D eigenvalue weighted by Gasteiger charge is 1.99. The molecule has 0 aromatic heterocycles. The van der Waals surface area contributed by atoms with E-state index in [2.05, 4.69) is 17.2 Å². The van der Waals surface area contributed by atoms with E-state index in [4.69, 9.17) is 10.4 Å². The first-order chi connectivity index (χ1) is 7.35. The van der Waals surface area contributed by atoms with Crippen LogP contribution in [0.3, 0.4) is 0 Å². The molecule has 0 aromatic rings. The molecule has 0 saturated heterocycles. The molecule has 0 rings (SSSR count). The third-order valence-electron chi connectivity index (χ3n) is 2.35. The van der Waals surface area contributed by atoms with Gasteiger partial charge in [0.15, 0.2) is 0 Å². The van der Waals surface area contributed by atoms with Crippen molar-refractivity contribution in [3.63, 3.8) is 0 Å². The van der Waals surface area contributed by atoms with Gasteiger partial charge in [-0.15, -0.1) is 5.16 Å². The first-order valence-electron chi connectivity index (χ1n) is 5.70. The predicted molar refractivity (Wildman–Crippen MR) is 62.1 cm³/mol. The largest absolute Gasteiger partial charge is 0.411 e. The van der Waals surface area contributed by atoms with Crippen molar-refractivity contribution < 1.29 is 10.4 Å². The molecule has 15 heavy (non-hydrogen) atoms. The average molecular weight is 214 g/mol. The zero-order valence-electron chi connectivity index (χ0n) is 9.52. The molecule has 0 aliphatic carbocycles. The van der Waals surface area contributed by atoms with E-state index >= 15 is 0 Å². The smallest absolute Gasteiger partial charge is 0.0574 e. The second-order valence-corrected chi connectivity index (χ2v) is 3.67. The molecule has 0 atom stereocenters. The van der Waals surface area contributed by atoms with Crippen molar-refractivity contribution in [1.29, 1.82) is 0 Å². The first kappa shape index (κ1) is 13.9. The monoisotopic (exact) mass is 214 g/mol. The van der Waals surface area contributed by atoms with E-state index in [0.717, 1.165) is 18.6 Å². The highest BCUT2D eigenvalue weighted by molar-refractivity contribution is 5.85. The van der Waals surface area contributed by atoms with Gasteiger partial charge in [-0.25, -0.2) is 0 Å². The van der Waals surface area contributed by atoms with Crippen LogP contribution in [0.5, 0.6) is 0 Å². The quantitative estimate of drug-likeness (QED) is 0.267. The van der Waals surface area contributed by atoms with E-state index in [1.54, 1.807) is 0 Å². The topological polar surface area (TPSA) is 65.2 Å². The Hall–Kier alpha value is -1.06. The molecule has 4 nitrogen and oxygen atoms in total. The molecule has 0 aliphatic rings. The van der Waals surface area contributed by atoms with Crippen molar-refractivity contribution in [3.05, 3.63) is 0 Å². The van der Waals surface area contributed by atoms with Crippen LogP contribution in [0.15, 0.2) is 10.3 Å². The molecule has 0 radical (unpaired) electrons. The molecule has 0 aliphatic heterocycles. The van der Waals surface area contributed by atoms with Gasteiger partial charge in [-0.2, -0.15) is 0 Å². The van der Waals surface area contributed by atoms with Crippen LogP contribution in [-0.4, -0.2) is 22.3 Å². The zero-order valence-corrected chi connectivity index (χ0v) is 9.52. The van der Waals surface area contributed by atoms with Crippen molar-refractivity contribution in [2.75, 3.05) is 0 Å². The Bertz CT molecular complexity index is 191. The lowest BCUT2D eigenvalue weighted by molar-refractivity contribution is 0.315. The summed E-state index contributed by atoms with van der Waals surface area (Å²) in [5.74, 6) is 0. The number of hydrogen-bond donors (Lipinski definition) is 2. The third kappa shape index (κ3) is 9.25. The van der Waals surface area contributed by atoms with E-state index in [9.17, 15) is 0 Å². The van der Waals surface area contributed by atoms with Crippen LogP contribution in [0, 0.1) is 0 Å². The van der Waals surface area contributed by atoms with Gasteiger partial charge in [-0.05, 0) is 25.7 Å². The van der Waals surface area contributed by atoms with Crippen molar-refractivity contribution in [1.82, 2.24) is 0 Å². The van der Waals surface area contributed by atoms with Gasteiger partial charge in [-0.1, -0.05) is 37.8 Å². The van der Waals surface area contributed by atoms with Crippen LogP contribution in [0.2, 0.25) is 0 Å². The van der Waals surface area contributed by atoms with Gasteiger partial charge < -0.3 is 10.4 Å². The maximum atomic E-state index is 8.71. The van der Waals surface area contributed by atoms with Gasteiger partial charge in [-0.3, -0.25) is 0 Å². The van der Waals surface area contributed by atoms with Gasteiger partial charge >= 0.3 is 0 Å². The Morgan fingerprint density at radius 2 is 1.80 bits per heavy atom.